The molecule has 0 amide bonds. The second-order valence-corrected chi connectivity index (χ2v) is 4.41. The third-order valence-electron chi connectivity index (χ3n) is 3.19. The van der Waals surface area contributed by atoms with Crippen LogP contribution in [0.3, 0.4) is 0 Å². The lowest BCUT2D eigenvalue weighted by molar-refractivity contribution is -0.137. The summed E-state index contributed by atoms with van der Waals surface area (Å²) in [6.07, 6.45) is 1.22. The quantitative estimate of drug-likeness (QED) is 0.816. The fourth-order valence-electron chi connectivity index (χ4n) is 2.40. The Labute approximate surface area is 95.5 Å². The molecule has 3 heteroatoms. The summed E-state index contributed by atoms with van der Waals surface area (Å²) < 4.78 is 0. The fourth-order valence-corrected chi connectivity index (χ4v) is 2.40. The van der Waals surface area contributed by atoms with Crippen LogP contribution >= 0.6 is 0 Å². The second-order valence-electron chi connectivity index (χ2n) is 4.41. The lowest BCUT2D eigenvalue weighted by Crippen LogP contribution is -2.25. The highest BCUT2D eigenvalue weighted by Crippen LogP contribution is 2.27. The number of nitrogens with one attached hydrogen (secondary N) is 1. The van der Waals surface area contributed by atoms with Crippen molar-refractivity contribution in [2.24, 2.45) is 0 Å². The minimum Gasteiger partial charge on any atom is -0.481 e. The average molecular weight is 219 g/mol. The molecule has 1 unspecified atom stereocenters. The lowest BCUT2D eigenvalue weighted by Gasteiger charge is -2.22. The molecule has 0 aliphatic carbocycles. The van der Waals surface area contributed by atoms with Crippen molar-refractivity contribution in [1.29, 1.82) is 0 Å². The molecule has 2 rings (SSSR count). The van der Waals surface area contributed by atoms with Crippen LogP contribution in [0.4, 0.5) is 0 Å². The van der Waals surface area contributed by atoms with Gasteiger partial charge in [-0.05, 0) is 35.6 Å². The van der Waals surface area contributed by atoms with Crippen LogP contribution in [0.1, 0.15) is 36.0 Å². The molecule has 1 aromatic rings. The highest BCUT2D eigenvalue weighted by molar-refractivity contribution is 5.68. The van der Waals surface area contributed by atoms with E-state index in [1.54, 1.807) is 0 Å². The second kappa shape index (κ2) is 4.66. The number of aliphatic carboxylic acids is 1. The van der Waals surface area contributed by atoms with E-state index in [2.05, 4.69) is 17.4 Å². The summed E-state index contributed by atoms with van der Waals surface area (Å²) in [6.45, 7) is 3.89. The molecule has 3 nitrogen and oxygen atoms in total. The lowest BCUT2D eigenvalue weighted by atomic mass is 9.87. The van der Waals surface area contributed by atoms with Gasteiger partial charge in [-0.3, -0.25) is 4.79 Å². The van der Waals surface area contributed by atoms with Gasteiger partial charge in [-0.25, -0.2) is 0 Å². The predicted octanol–water partition coefficient (Wildman–Crippen LogP) is 1.91. The molecular weight excluding hydrogens is 202 g/mol. The SMILES string of the molecule is CC(CC(=O)O)c1cccc2c1CCNC2. The van der Waals surface area contributed by atoms with Crippen molar-refractivity contribution in [2.75, 3.05) is 6.54 Å². The van der Waals surface area contributed by atoms with E-state index in [1.807, 2.05) is 13.0 Å². The van der Waals surface area contributed by atoms with Crippen molar-refractivity contribution in [3.05, 3.63) is 34.9 Å². The first-order valence-corrected chi connectivity index (χ1v) is 5.71. The maximum Gasteiger partial charge on any atom is 0.303 e. The van der Waals surface area contributed by atoms with Crippen LogP contribution in [0, 0.1) is 0 Å². The molecule has 0 bridgehead atoms. The van der Waals surface area contributed by atoms with Crippen LogP contribution in [0.25, 0.3) is 0 Å². The Morgan fingerprint density at radius 1 is 1.56 bits per heavy atom. The van der Waals surface area contributed by atoms with Gasteiger partial charge in [0.25, 0.3) is 0 Å². The van der Waals surface area contributed by atoms with Gasteiger partial charge in [-0.15, -0.1) is 0 Å². The van der Waals surface area contributed by atoms with Gasteiger partial charge in [0.15, 0.2) is 0 Å². The number of hydrogen-bond donors (Lipinski definition) is 2. The summed E-state index contributed by atoms with van der Waals surface area (Å²) in [5.74, 6) is -0.621. The summed E-state index contributed by atoms with van der Waals surface area (Å²) in [5, 5.41) is 12.2. The Morgan fingerprint density at radius 3 is 3.12 bits per heavy atom. The third-order valence-corrected chi connectivity index (χ3v) is 3.19. The number of carbonyl (C=O) groups is 1. The zero-order chi connectivity index (χ0) is 11.5. The molecular formula is C13H17NO2. The first-order chi connectivity index (χ1) is 7.68. The molecule has 0 saturated heterocycles. The number of fused-ring (bicyclic) bond motifs is 1. The molecule has 1 aliphatic rings. The topological polar surface area (TPSA) is 49.3 Å². The monoisotopic (exact) mass is 219 g/mol. The van der Waals surface area contributed by atoms with Crippen LogP contribution in [-0.4, -0.2) is 17.6 Å². The van der Waals surface area contributed by atoms with Gasteiger partial charge in [0, 0.05) is 6.54 Å². The van der Waals surface area contributed by atoms with Crippen molar-refractivity contribution in [2.45, 2.75) is 32.2 Å². The number of carboxylic acids is 1. The number of carboxylic acid groups (broad SMARTS) is 1. The molecule has 0 spiro atoms. The van der Waals surface area contributed by atoms with Gasteiger partial charge in [-0.1, -0.05) is 25.1 Å². The van der Waals surface area contributed by atoms with E-state index in [-0.39, 0.29) is 12.3 Å². The summed E-state index contributed by atoms with van der Waals surface area (Å²) in [4.78, 5) is 10.7. The van der Waals surface area contributed by atoms with E-state index in [1.165, 1.54) is 16.7 Å². The van der Waals surface area contributed by atoms with Crippen molar-refractivity contribution in [3.8, 4) is 0 Å². The normalized spacial score (nSPS) is 16.6. The maximum absolute atomic E-state index is 10.7. The Balaban J connectivity index is 2.29. The Kier molecular flexibility index (Phi) is 3.25. The van der Waals surface area contributed by atoms with E-state index in [0.717, 1.165) is 19.5 Å². The third kappa shape index (κ3) is 2.25. The summed E-state index contributed by atoms with van der Waals surface area (Å²) in [6, 6.07) is 6.22. The van der Waals surface area contributed by atoms with Gasteiger partial charge < -0.3 is 10.4 Å². The number of benzene rings is 1. The van der Waals surface area contributed by atoms with Crippen LogP contribution < -0.4 is 5.32 Å². The van der Waals surface area contributed by atoms with E-state index >= 15 is 0 Å². The zero-order valence-electron chi connectivity index (χ0n) is 9.49. The summed E-state index contributed by atoms with van der Waals surface area (Å²) >= 11 is 0. The highest BCUT2D eigenvalue weighted by Gasteiger charge is 2.17. The standard InChI is InChI=1S/C13H17NO2/c1-9(7-13(15)16)11-4-2-3-10-8-14-6-5-12(10)11/h2-4,9,14H,5-8H2,1H3,(H,15,16). The first-order valence-electron chi connectivity index (χ1n) is 5.71. The molecule has 1 atom stereocenters. The molecule has 0 fully saturated rings. The number of rotatable bonds is 3. The molecule has 2 N–H and O–H groups in total. The van der Waals surface area contributed by atoms with Gasteiger partial charge in [0.1, 0.15) is 0 Å². The average Bonchev–Trinajstić information content (AvgIpc) is 2.27. The summed E-state index contributed by atoms with van der Waals surface area (Å²) in [5.41, 5.74) is 3.89. The minimum atomic E-state index is -0.723. The fraction of sp³-hybridized carbons (Fsp3) is 0.462. The van der Waals surface area contributed by atoms with Gasteiger partial charge >= 0.3 is 5.97 Å². The maximum atomic E-state index is 10.7. The van der Waals surface area contributed by atoms with E-state index in [4.69, 9.17) is 5.11 Å². The Morgan fingerprint density at radius 2 is 2.38 bits per heavy atom. The zero-order valence-corrected chi connectivity index (χ0v) is 9.49. The van der Waals surface area contributed by atoms with Gasteiger partial charge in [0.05, 0.1) is 6.42 Å². The van der Waals surface area contributed by atoms with Crippen LogP contribution in [0.2, 0.25) is 0 Å². The van der Waals surface area contributed by atoms with Crippen LogP contribution in [-0.2, 0) is 17.8 Å². The molecule has 1 heterocycles. The number of hydrogen-bond acceptors (Lipinski definition) is 2. The molecule has 0 saturated carbocycles. The molecule has 0 aromatic heterocycles. The highest BCUT2D eigenvalue weighted by atomic mass is 16.4. The predicted molar refractivity (Wildman–Crippen MR) is 62.5 cm³/mol. The molecule has 16 heavy (non-hydrogen) atoms. The van der Waals surface area contributed by atoms with Gasteiger partial charge in [0.2, 0.25) is 0 Å². The van der Waals surface area contributed by atoms with Crippen molar-refractivity contribution in [1.82, 2.24) is 5.32 Å². The molecule has 86 valence electrons. The van der Waals surface area contributed by atoms with E-state index in [0.29, 0.717) is 0 Å². The smallest absolute Gasteiger partial charge is 0.303 e. The van der Waals surface area contributed by atoms with Crippen LogP contribution in [0.15, 0.2) is 18.2 Å². The van der Waals surface area contributed by atoms with E-state index in [9.17, 15) is 4.79 Å². The minimum absolute atomic E-state index is 0.102. The first kappa shape index (κ1) is 11.1. The Hall–Kier alpha value is -1.35. The molecule has 1 aromatic carbocycles. The van der Waals surface area contributed by atoms with Crippen molar-refractivity contribution < 1.29 is 9.90 Å². The largest absolute Gasteiger partial charge is 0.481 e. The molecule has 1 aliphatic heterocycles. The van der Waals surface area contributed by atoms with Crippen LogP contribution in [0.5, 0.6) is 0 Å². The van der Waals surface area contributed by atoms with E-state index < -0.39 is 5.97 Å². The molecule has 0 radical (unpaired) electrons. The summed E-state index contributed by atoms with van der Waals surface area (Å²) in [7, 11) is 0. The van der Waals surface area contributed by atoms with Crippen molar-refractivity contribution in [3.63, 3.8) is 0 Å². The van der Waals surface area contributed by atoms with Gasteiger partial charge in [-0.2, -0.15) is 0 Å². The van der Waals surface area contributed by atoms with Crippen molar-refractivity contribution >= 4 is 5.97 Å². The Bertz CT molecular complexity index is 401.